The van der Waals surface area contributed by atoms with Crippen LogP contribution in [0.4, 0.5) is 0 Å². The van der Waals surface area contributed by atoms with Crippen LogP contribution in [0.2, 0.25) is 0 Å². The number of ketones is 1. The molecule has 1 radical (unpaired) electrons. The van der Waals surface area contributed by atoms with E-state index in [9.17, 15) is 4.79 Å². The number of carbonyl (C=O) groups is 1. The Kier molecular flexibility index (Phi) is 1.44. The summed E-state index contributed by atoms with van der Waals surface area (Å²) >= 11 is 5.30. The zero-order chi connectivity index (χ0) is 5.98. The first-order valence-corrected chi connectivity index (χ1v) is 2.51. The van der Waals surface area contributed by atoms with E-state index in [1.807, 2.05) is 0 Å². The normalized spacial score (nSPS) is 18.6. The second-order valence-electron chi connectivity index (χ2n) is 1.35. The van der Waals surface area contributed by atoms with Gasteiger partial charge in [0.05, 0.1) is 6.08 Å². The van der Waals surface area contributed by atoms with Gasteiger partial charge in [-0.05, 0) is 0 Å². The molecule has 0 aromatic rings. The molecule has 0 saturated heterocycles. The number of carbonyl (C=O) groups excluding carboxylic acids is 1. The molecule has 0 aromatic heterocycles. The number of allylic oxidation sites excluding steroid dienone is 1. The molecule has 1 heterocycles. The average Bonchev–Trinajstić information content (AvgIpc) is 1.64. The Hall–Kier alpha value is -0.630. The first-order valence-electron chi connectivity index (χ1n) is 2.14. The minimum absolute atomic E-state index is 0.106. The fraction of sp³-hybridized carbons (Fsp3) is 0.200. The van der Waals surface area contributed by atoms with E-state index in [2.05, 4.69) is 11.1 Å². The summed E-state index contributed by atoms with van der Waals surface area (Å²) < 4.78 is 0. The number of hydrogen-bond acceptors (Lipinski definition) is 2. The van der Waals surface area contributed by atoms with Gasteiger partial charge in [-0.25, -0.2) is 4.99 Å². The molecular weight excluding hydrogens is 126 g/mol. The first kappa shape index (κ1) is 5.51. The van der Waals surface area contributed by atoms with Crippen LogP contribution in [0.5, 0.6) is 0 Å². The molecule has 0 amide bonds. The quantitative estimate of drug-likeness (QED) is 0.446. The third-order valence-corrected chi connectivity index (χ3v) is 0.916. The average molecular weight is 129 g/mol. The zero-order valence-corrected chi connectivity index (χ0v) is 4.77. The number of Topliss-reactive ketones (excluding diaryl/α,β-unsaturated/α-hetero) is 1. The first-order chi connectivity index (χ1) is 3.79. The Morgan fingerprint density at radius 3 is 3.00 bits per heavy atom. The molecule has 0 spiro atoms. The molecule has 0 bridgehead atoms. The number of halogens is 1. The van der Waals surface area contributed by atoms with Gasteiger partial charge in [-0.2, -0.15) is 0 Å². The van der Waals surface area contributed by atoms with Gasteiger partial charge in [-0.15, -0.1) is 0 Å². The van der Waals surface area contributed by atoms with Crippen molar-refractivity contribution in [3.8, 4) is 0 Å². The highest BCUT2D eigenvalue weighted by atomic mass is 35.5. The summed E-state index contributed by atoms with van der Waals surface area (Å²) in [6.07, 6.45) is 4.13. The van der Waals surface area contributed by atoms with E-state index in [1.54, 1.807) is 0 Å². The van der Waals surface area contributed by atoms with Crippen molar-refractivity contribution in [2.24, 2.45) is 4.99 Å². The standard InChI is InChI=1S/C5H3ClNO/c6-5-3-4(8)1-2-7-5/h2H,1H2. The summed E-state index contributed by atoms with van der Waals surface area (Å²) in [5.74, 6) is -0.106. The Balaban J connectivity index is 2.77. The largest absolute Gasteiger partial charge is 0.294 e. The minimum atomic E-state index is -0.106. The topological polar surface area (TPSA) is 29.4 Å². The highest BCUT2D eigenvalue weighted by molar-refractivity contribution is 6.31. The molecule has 0 saturated carbocycles. The van der Waals surface area contributed by atoms with Crippen molar-refractivity contribution in [1.29, 1.82) is 0 Å². The van der Waals surface area contributed by atoms with E-state index in [-0.39, 0.29) is 10.9 Å². The highest BCUT2D eigenvalue weighted by Gasteiger charge is 2.01. The Morgan fingerprint density at radius 2 is 2.62 bits per heavy atom. The summed E-state index contributed by atoms with van der Waals surface area (Å²) in [6.45, 7) is 0. The molecule has 0 N–H and O–H groups in total. The van der Waals surface area contributed by atoms with E-state index in [1.165, 1.54) is 6.21 Å². The van der Waals surface area contributed by atoms with Crippen LogP contribution in [0.3, 0.4) is 0 Å². The summed E-state index contributed by atoms with van der Waals surface area (Å²) in [5.41, 5.74) is 0. The van der Waals surface area contributed by atoms with Crippen molar-refractivity contribution in [3.05, 3.63) is 11.2 Å². The van der Waals surface area contributed by atoms with Crippen LogP contribution in [0.15, 0.2) is 10.1 Å². The number of nitrogens with zero attached hydrogens (tertiary/aromatic N) is 1. The number of hydrogen-bond donors (Lipinski definition) is 0. The Labute approximate surface area is 51.9 Å². The van der Waals surface area contributed by atoms with Crippen molar-refractivity contribution >= 4 is 23.6 Å². The van der Waals surface area contributed by atoms with Crippen molar-refractivity contribution in [3.63, 3.8) is 0 Å². The predicted molar refractivity (Wildman–Crippen MR) is 30.7 cm³/mol. The second-order valence-corrected chi connectivity index (χ2v) is 1.71. The van der Waals surface area contributed by atoms with Crippen LogP contribution in [-0.2, 0) is 4.79 Å². The van der Waals surface area contributed by atoms with Crippen LogP contribution in [0.1, 0.15) is 6.42 Å². The zero-order valence-electron chi connectivity index (χ0n) is 4.02. The third-order valence-electron chi connectivity index (χ3n) is 0.724. The molecule has 8 heavy (non-hydrogen) atoms. The molecule has 0 aromatic carbocycles. The summed E-state index contributed by atoms with van der Waals surface area (Å²) in [4.78, 5) is 14.0. The van der Waals surface area contributed by atoms with Gasteiger partial charge in [0.2, 0.25) is 0 Å². The molecule has 3 heteroatoms. The summed E-state index contributed by atoms with van der Waals surface area (Å²) in [6, 6.07) is 0. The molecular formula is C5H3ClNO. The lowest BCUT2D eigenvalue weighted by Crippen LogP contribution is -1.98. The maximum atomic E-state index is 10.4. The van der Waals surface area contributed by atoms with Gasteiger partial charge in [-0.1, -0.05) is 11.6 Å². The SMILES string of the molecule is O=C1[C]=C(Cl)N=CC1. The molecule has 41 valence electrons. The lowest BCUT2D eigenvalue weighted by Gasteiger charge is -1.93. The van der Waals surface area contributed by atoms with Gasteiger partial charge >= 0.3 is 0 Å². The smallest absolute Gasteiger partial charge is 0.172 e. The molecule has 1 aliphatic rings. The van der Waals surface area contributed by atoms with Gasteiger partial charge in [0.1, 0.15) is 5.16 Å². The predicted octanol–water partition coefficient (Wildman–Crippen LogP) is 0.913. The molecule has 0 fully saturated rings. The van der Waals surface area contributed by atoms with E-state index in [4.69, 9.17) is 11.6 Å². The van der Waals surface area contributed by atoms with E-state index >= 15 is 0 Å². The fourth-order valence-corrected chi connectivity index (χ4v) is 0.581. The molecule has 1 aliphatic heterocycles. The Morgan fingerprint density at radius 1 is 1.88 bits per heavy atom. The molecule has 0 atom stereocenters. The molecule has 0 unspecified atom stereocenters. The number of aliphatic imine (C=N–C) groups is 1. The van der Waals surface area contributed by atoms with Crippen LogP contribution in [-0.4, -0.2) is 12.0 Å². The van der Waals surface area contributed by atoms with E-state index in [0.29, 0.717) is 6.42 Å². The monoisotopic (exact) mass is 128 g/mol. The lowest BCUT2D eigenvalue weighted by atomic mass is 10.3. The number of rotatable bonds is 0. The summed E-state index contributed by atoms with van der Waals surface area (Å²) in [5, 5.41) is 0.154. The third kappa shape index (κ3) is 1.17. The minimum Gasteiger partial charge on any atom is -0.294 e. The van der Waals surface area contributed by atoms with Crippen LogP contribution < -0.4 is 0 Å². The molecule has 1 rings (SSSR count). The highest BCUT2D eigenvalue weighted by Crippen LogP contribution is 2.05. The van der Waals surface area contributed by atoms with Gasteiger partial charge in [0.25, 0.3) is 0 Å². The van der Waals surface area contributed by atoms with Gasteiger partial charge in [0, 0.05) is 12.6 Å². The fourth-order valence-electron chi connectivity index (χ4n) is 0.407. The molecule has 0 aliphatic carbocycles. The van der Waals surface area contributed by atoms with Crippen LogP contribution in [0, 0.1) is 6.08 Å². The summed E-state index contributed by atoms with van der Waals surface area (Å²) in [7, 11) is 0. The Bertz CT molecular complexity index is 171. The van der Waals surface area contributed by atoms with Gasteiger partial charge < -0.3 is 0 Å². The molecule has 2 nitrogen and oxygen atoms in total. The second kappa shape index (κ2) is 2.09. The van der Waals surface area contributed by atoms with Crippen molar-refractivity contribution in [1.82, 2.24) is 0 Å². The van der Waals surface area contributed by atoms with Crippen molar-refractivity contribution in [2.75, 3.05) is 0 Å². The van der Waals surface area contributed by atoms with Gasteiger partial charge in [0.15, 0.2) is 5.78 Å². The van der Waals surface area contributed by atoms with Crippen LogP contribution >= 0.6 is 11.6 Å². The van der Waals surface area contributed by atoms with Crippen LogP contribution in [0.25, 0.3) is 0 Å². The lowest BCUT2D eigenvalue weighted by molar-refractivity contribution is -0.114. The maximum Gasteiger partial charge on any atom is 0.172 e. The van der Waals surface area contributed by atoms with Gasteiger partial charge in [-0.3, -0.25) is 4.79 Å². The van der Waals surface area contributed by atoms with Crippen molar-refractivity contribution < 1.29 is 4.79 Å². The van der Waals surface area contributed by atoms with E-state index in [0.717, 1.165) is 0 Å². The maximum absolute atomic E-state index is 10.4. The van der Waals surface area contributed by atoms with Crippen molar-refractivity contribution in [2.45, 2.75) is 6.42 Å². The van der Waals surface area contributed by atoms with E-state index < -0.39 is 0 Å².